The minimum absolute atomic E-state index is 0. The molecule has 0 saturated heterocycles. The fourth-order valence-corrected chi connectivity index (χ4v) is 6.04. The van der Waals surface area contributed by atoms with Gasteiger partial charge in [-0.1, -0.05) is 87.5 Å². The van der Waals surface area contributed by atoms with Gasteiger partial charge in [0.25, 0.3) is 0 Å². The molecule has 0 unspecified atom stereocenters. The Morgan fingerprint density at radius 3 is 2.05 bits per heavy atom. The number of nitrogens with zero attached hydrogens (tertiary/aromatic N) is 5. The summed E-state index contributed by atoms with van der Waals surface area (Å²) < 4.78 is 2.04. The number of benzene rings is 4. The number of anilines is 3. The Bertz CT molecular complexity index is 1780. The third-order valence-corrected chi connectivity index (χ3v) is 7.77. The molecule has 4 aromatic carbocycles. The molecule has 0 saturated carbocycles. The van der Waals surface area contributed by atoms with Crippen LogP contribution in [0.15, 0.2) is 97.6 Å². The van der Waals surface area contributed by atoms with E-state index in [0.29, 0.717) is 0 Å². The molecule has 7 heteroatoms. The van der Waals surface area contributed by atoms with Crippen LogP contribution in [0.1, 0.15) is 0 Å². The number of hydrogen-bond acceptors (Lipinski definition) is 4. The van der Waals surface area contributed by atoms with E-state index in [1.54, 1.807) is 0 Å². The molecular weight excluding hydrogens is 572 g/mol. The van der Waals surface area contributed by atoms with E-state index in [-0.39, 0.29) is 27.3 Å². The van der Waals surface area contributed by atoms with Crippen LogP contribution in [-0.2, 0) is 27.5 Å². The number of rotatable bonds is 2. The molecule has 0 bridgehead atoms. The third kappa shape index (κ3) is 3.54. The average Bonchev–Trinajstić information content (AvgIpc) is 3.60. The van der Waals surface area contributed by atoms with Gasteiger partial charge in [0, 0.05) is 39.9 Å². The first-order valence-corrected chi connectivity index (χ1v) is 12.8. The molecule has 8 rings (SSSR count). The maximum Gasteiger partial charge on any atom is 0.324 e. The van der Waals surface area contributed by atoms with Crippen molar-refractivity contribution in [2.75, 3.05) is 16.8 Å². The van der Waals surface area contributed by atoms with Gasteiger partial charge in [-0.15, -0.1) is 47.1 Å². The first-order valence-electron chi connectivity index (χ1n) is 12.8. The molecule has 0 amide bonds. The Hall–Kier alpha value is -4.04. The molecule has 192 valence electrons. The van der Waals surface area contributed by atoms with E-state index in [1.807, 2.05) is 42.2 Å². The van der Waals surface area contributed by atoms with Gasteiger partial charge in [-0.25, -0.2) is 0 Å². The number of hydrogen-bond donors (Lipinski definition) is 0. The predicted molar refractivity (Wildman–Crippen MR) is 154 cm³/mol. The minimum atomic E-state index is 0. The Morgan fingerprint density at radius 1 is 0.744 bits per heavy atom. The van der Waals surface area contributed by atoms with Crippen LogP contribution in [0.4, 0.5) is 17.1 Å². The van der Waals surface area contributed by atoms with Crippen LogP contribution in [-0.4, -0.2) is 28.3 Å². The van der Waals surface area contributed by atoms with Crippen molar-refractivity contribution >= 4 is 34.8 Å². The van der Waals surface area contributed by atoms with E-state index in [2.05, 4.69) is 112 Å². The fourth-order valence-electron chi connectivity index (χ4n) is 6.04. The van der Waals surface area contributed by atoms with Gasteiger partial charge in [-0.3, -0.25) is 4.98 Å². The van der Waals surface area contributed by atoms with Crippen molar-refractivity contribution in [3.8, 4) is 33.6 Å². The van der Waals surface area contributed by atoms with Gasteiger partial charge >= 0.3 is 6.85 Å². The van der Waals surface area contributed by atoms with Crippen molar-refractivity contribution in [2.24, 2.45) is 7.05 Å². The maximum atomic E-state index is 4.62. The summed E-state index contributed by atoms with van der Waals surface area (Å²) in [6.45, 7) is 2.08. The van der Waals surface area contributed by atoms with Crippen molar-refractivity contribution in [1.29, 1.82) is 0 Å². The molecule has 1 aromatic heterocycles. The van der Waals surface area contributed by atoms with Crippen LogP contribution in [0, 0.1) is 18.8 Å². The second-order valence-corrected chi connectivity index (χ2v) is 10.0. The van der Waals surface area contributed by atoms with Gasteiger partial charge in [-0.05, 0) is 19.4 Å². The van der Waals surface area contributed by atoms with E-state index < -0.39 is 0 Å². The molecule has 0 fully saturated rings. The molecule has 0 N–H and O–H groups in total. The second-order valence-electron chi connectivity index (χ2n) is 10.0. The molecule has 39 heavy (non-hydrogen) atoms. The SMILES string of the molecule is CN1C=CN(c2[c-]c3c(cc2)-c2ccccc2B2c4ccccc4-c4ccc(-c5nccn5C)[c-]c4N23)[CH-]1.[Pd]. The summed E-state index contributed by atoms with van der Waals surface area (Å²) >= 11 is 0. The summed E-state index contributed by atoms with van der Waals surface area (Å²) in [5.74, 6) is 0.901. The van der Waals surface area contributed by atoms with Gasteiger partial charge in [0.15, 0.2) is 0 Å². The van der Waals surface area contributed by atoms with Gasteiger partial charge < -0.3 is 19.2 Å². The monoisotopic (exact) mass is 594 g/mol. The summed E-state index contributed by atoms with van der Waals surface area (Å²) in [6.07, 6.45) is 7.93. The van der Waals surface area contributed by atoms with Crippen molar-refractivity contribution in [2.45, 2.75) is 0 Å². The van der Waals surface area contributed by atoms with E-state index in [9.17, 15) is 0 Å². The Balaban J connectivity index is 0.00000253. The quantitative estimate of drug-likeness (QED) is 0.214. The van der Waals surface area contributed by atoms with Crippen LogP contribution in [0.3, 0.4) is 0 Å². The Morgan fingerprint density at radius 2 is 1.41 bits per heavy atom. The first kappa shape index (κ1) is 24.0. The van der Waals surface area contributed by atoms with E-state index in [4.69, 9.17) is 0 Å². The van der Waals surface area contributed by atoms with Gasteiger partial charge in [0.2, 0.25) is 0 Å². The molecule has 5 nitrogen and oxygen atoms in total. The number of fused-ring (bicyclic) bond motifs is 11. The molecule has 0 radical (unpaired) electrons. The summed E-state index contributed by atoms with van der Waals surface area (Å²) in [5.41, 5.74) is 11.5. The molecule has 0 aliphatic carbocycles. The summed E-state index contributed by atoms with van der Waals surface area (Å²) in [7, 11) is 4.06. The summed E-state index contributed by atoms with van der Waals surface area (Å²) in [5, 5.41) is 0. The third-order valence-electron chi connectivity index (χ3n) is 7.77. The predicted octanol–water partition coefficient (Wildman–Crippen LogP) is 4.93. The molecule has 5 aromatic rings. The summed E-state index contributed by atoms with van der Waals surface area (Å²) in [4.78, 5) is 11.2. The van der Waals surface area contributed by atoms with Crippen molar-refractivity contribution < 1.29 is 20.4 Å². The van der Waals surface area contributed by atoms with Crippen molar-refractivity contribution in [1.82, 2.24) is 14.5 Å². The van der Waals surface area contributed by atoms with E-state index in [0.717, 1.165) is 28.5 Å². The fraction of sp³-hybridized carbons (Fsp3) is 0.0625. The second kappa shape index (κ2) is 9.02. The molecule has 3 aliphatic rings. The zero-order valence-electron chi connectivity index (χ0n) is 21.4. The smallest absolute Gasteiger partial charge is 0.324 e. The van der Waals surface area contributed by atoms with E-state index in [1.165, 1.54) is 33.2 Å². The molecule has 3 aliphatic heterocycles. The Kier molecular flexibility index (Phi) is 5.56. The molecule has 4 heterocycles. The number of aromatic nitrogens is 2. The van der Waals surface area contributed by atoms with Crippen LogP contribution < -0.4 is 20.6 Å². The van der Waals surface area contributed by atoms with Crippen molar-refractivity contribution in [3.63, 3.8) is 0 Å². The molecule has 0 spiro atoms. The normalized spacial score (nSPS) is 14.3. The standard InChI is InChI=1S/C32H23BN5.Pd/c1-35-17-18-37(21-35)23-12-14-27-25-8-4-6-10-29(25)33-28-9-5-3-7-24(28)26-13-11-22(32-34-15-16-36(32)2)19-30(26)38(33)31(27)20-23;/h3-18,21H,1-2H3;/q-3;. The molecular formula is C32H23BN5Pd-3. The minimum Gasteiger partial charge on any atom is -0.510 e. The largest absolute Gasteiger partial charge is 0.510 e. The van der Waals surface area contributed by atoms with Crippen LogP contribution in [0.5, 0.6) is 0 Å². The maximum absolute atomic E-state index is 4.62. The van der Waals surface area contributed by atoms with Crippen LogP contribution in [0.25, 0.3) is 33.6 Å². The number of aryl methyl sites for hydroxylation is 1. The summed E-state index contributed by atoms with van der Waals surface area (Å²) in [6, 6.07) is 33.9. The topological polar surface area (TPSA) is 27.5 Å². The van der Waals surface area contributed by atoms with Crippen molar-refractivity contribution in [3.05, 3.63) is 116 Å². The Labute approximate surface area is 242 Å². The van der Waals surface area contributed by atoms with Gasteiger partial charge in [0.1, 0.15) is 0 Å². The zero-order valence-corrected chi connectivity index (χ0v) is 23.0. The van der Waals surface area contributed by atoms with Crippen LogP contribution in [0.2, 0.25) is 0 Å². The van der Waals surface area contributed by atoms with Crippen LogP contribution >= 0.6 is 0 Å². The number of imidazole rings is 1. The first-order chi connectivity index (χ1) is 18.7. The van der Waals surface area contributed by atoms with E-state index >= 15 is 0 Å². The average molecular weight is 595 g/mol. The van der Waals surface area contributed by atoms with Gasteiger partial charge in [-0.2, -0.15) is 12.7 Å². The molecule has 0 atom stereocenters. The zero-order chi connectivity index (χ0) is 25.4. The van der Waals surface area contributed by atoms with Gasteiger partial charge in [0.05, 0.1) is 5.82 Å².